The standard InChI is InChI=1S/C34H45N3O4S/c1-8-31(33(39)35-34(5,6)7)36(23-22-27-12-10-9-11-13-27)32(38)24-37(29-18-16-28(17-19-29)25(2)3)42(40,41)30-20-14-26(4)15-21-30/h9-21,25,31H,8,22-24H2,1-7H3,(H,35,39). The predicted octanol–water partition coefficient (Wildman–Crippen LogP) is 6.08. The average molecular weight is 592 g/mol. The molecular weight excluding hydrogens is 546 g/mol. The van der Waals surface area contributed by atoms with Gasteiger partial charge < -0.3 is 10.2 Å². The van der Waals surface area contributed by atoms with E-state index in [-0.39, 0.29) is 23.3 Å². The molecule has 3 aromatic carbocycles. The Labute approximate surface area is 252 Å². The molecule has 0 aliphatic heterocycles. The van der Waals surface area contributed by atoms with E-state index in [4.69, 9.17) is 0 Å². The van der Waals surface area contributed by atoms with Gasteiger partial charge in [0.1, 0.15) is 12.6 Å². The Balaban J connectivity index is 2.04. The van der Waals surface area contributed by atoms with E-state index in [0.717, 1.165) is 21.0 Å². The lowest BCUT2D eigenvalue weighted by atomic mass is 10.0. The topological polar surface area (TPSA) is 86.8 Å². The van der Waals surface area contributed by atoms with Crippen LogP contribution in [-0.4, -0.2) is 49.8 Å². The van der Waals surface area contributed by atoms with Crippen molar-refractivity contribution in [2.24, 2.45) is 0 Å². The van der Waals surface area contributed by atoms with Gasteiger partial charge in [0.25, 0.3) is 10.0 Å². The van der Waals surface area contributed by atoms with Crippen LogP contribution in [0.15, 0.2) is 83.8 Å². The molecule has 0 heterocycles. The molecule has 3 rings (SSSR count). The Morgan fingerprint density at radius 2 is 1.48 bits per heavy atom. The highest BCUT2D eigenvalue weighted by Gasteiger charge is 2.34. The van der Waals surface area contributed by atoms with Crippen molar-refractivity contribution in [2.75, 3.05) is 17.4 Å². The van der Waals surface area contributed by atoms with Crippen LogP contribution >= 0.6 is 0 Å². The second-order valence-electron chi connectivity index (χ2n) is 12.1. The van der Waals surface area contributed by atoms with Crippen molar-refractivity contribution in [1.82, 2.24) is 10.2 Å². The number of amides is 2. The smallest absolute Gasteiger partial charge is 0.264 e. The van der Waals surface area contributed by atoms with Crippen LogP contribution in [0.3, 0.4) is 0 Å². The van der Waals surface area contributed by atoms with Gasteiger partial charge in [-0.25, -0.2) is 8.42 Å². The molecule has 42 heavy (non-hydrogen) atoms. The molecule has 1 N–H and O–H groups in total. The molecule has 0 aliphatic rings. The van der Waals surface area contributed by atoms with Crippen LogP contribution in [0.5, 0.6) is 0 Å². The number of aryl methyl sites for hydroxylation is 1. The summed E-state index contributed by atoms with van der Waals surface area (Å²) >= 11 is 0. The summed E-state index contributed by atoms with van der Waals surface area (Å²) < 4.78 is 29.2. The van der Waals surface area contributed by atoms with E-state index in [2.05, 4.69) is 19.2 Å². The molecule has 3 aromatic rings. The number of sulfonamides is 1. The fourth-order valence-electron chi connectivity index (χ4n) is 4.74. The number of carbonyl (C=O) groups excluding carboxylic acids is 2. The van der Waals surface area contributed by atoms with E-state index >= 15 is 0 Å². The number of hydrogen-bond donors (Lipinski definition) is 1. The van der Waals surface area contributed by atoms with Gasteiger partial charge in [-0.15, -0.1) is 0 Å². The highest BCUT2D eigenvalue weighted by molar-refractivity contribution is 7.92. The van der Waals surface area contributed by atoms with Crippen LogP contribution in [-0.2, 0) is 26.0 Å². The van der Waals surface area contributed by atoms with Gasteiger partial charge >= 0.3 is 0 Å². The summed E-state index contributed by atoms with van der Waals surface area (Å²) in [5.41, 5.74) is 2.92. The van der Waals surface area contributed by atoms with Gasteiger partial charge in [0.2, 0.25) is 11.8 Å². The highest BCUT2D eigenvalue weighted by atomic mass is 32.2. The molecule has 0 saturated carbocycles. The van der Waals surface area contributed by atoms with Crippen molar-refractivity contribution < 1.29 is 18.0 Å². The molecule has 1 atom stereocenters. The third-order valence-corrected chi connectivity index (χ3v) is 8.89. The van der Waals surface area contributed by atoms with Crippen molar-refractivity contribution in [3.8, 4) is 0 Å². The minimum absolute atomic E-state index is 0.0992. The molecule has 0 aliphatic carbocycles. The zero-order valence-electron chi connectivity index (χ0n) is 25.9. The summed E-state index contributed by atoms with van der Waals surface area (Å²) in [6, 6.07) is 22.8. The highest BCUT2D eigenvalue weighted by Crippen LogP contribution is 2.27. The van der Waals surface area contributed by atoms with E-state index in [1.165, 1.54) is 4.90 Å². The van der Waals surface area contributed by atoms with Gasteiger partial charge in [0.05, 0.1) is 10.6 Å². The number of benzene rings is 3. The summed E-state index contributed by atoms with van der Waals surface area (Å²) in [4.78, 5) is 29.2. The van der Waals surface area contributed by atoms with E-state index in [9.17, 15) is 18.0 Å². The summed E-state index contributed by atoms with van der Waals surface area (Å²) in [5, 5.41) is 3.00. The van der Waals surface area contributed by atoms with E-state index in [1.54, 1.807) is 36.4 Å². The molecule has 0 bridgehead atoms. The zero-order chi connectivity index (χ0) is 31.1. The third kappa shape index (κ3) is 8.68. The maximum absolute atomic E-state index is 14.2. The van der Waals surface area contributed by atoms with Gasteiger partial charge in [-0.2, -0.15) is 0 Å². The van der Waals surface area contributed by atoms with Gasteiger partial charge in [-0.3, -0.25) is 13.9 Å². The Hall–Kier alpha value is -3.65. The lowest BCUT2D eigenvalue weighted by molar-refractivity contribution is -0.140. The summed E-state index contributed by atoms with van der Waals surface area (Å²) in [7, 11) is -4.10. The first-order valence-corrected chi connectivity index (χ1v) is 16.0. The molecule has 226 valence electrons. The molecule has 0 spiro atoms. The molecular formula is C34H45N3O4S. The number of hydrogen-bond acceptors (Lipinski definition) is 4. The number of nitrogens with one attached hydrogen (secondary N) is 1. The van der Waals surface area contributed by atoms with E-state index in [1.807, 2.05) is 77.1 Å². The predicted molar refractivity (Wildman–Crippen MR) is 170 cm³/mol. The van der Waals surface area contributed by atoms with Crippen molar-refractivity contribution in [3.63, 3.8) is 0 Å². The Morgan fingerprint density at radius 3 is 2.00 bits per heavy atom. The molecule has 0 fully saturated rings. The molecule has 7 nitrogen and oxygen atoms in total. The van der Waals surface area contributed by atoms with Crippen molar-refractivity contribution in [2.45, 2.75) is 83.7 Å². The average Bonchev–Trinajstić information content (AvgIpc) is 2.93. The molecule has 0 radical (unpaired) electrons. The van der Waals surface area contributed by atoms with Crippen LogP contribution < -0.4 is 9.62 Å². The Morgan fingerprint density at radius 1 is 0.881 bits per heavy atom. The zero-order valence-corrected chi connectivity index (χ0v) is 26.7. The second-order valence-corrected chi connectivity index (χ2v) is 13.9. The second kappa shape index (κ2) is 14.0. The van der Waals surface area contributed by atoms with Gasteiger partial charge in [0.15, 0.2) is 0 Å². The number of carbonyl (C=O) groups is 2. The molecule has 2 amide bonds. The van der Waals surface area contributed by atoms with Crippen molar-refractivity contribution in [1.29, 1.82) is 0 Å². The first kappa shape index (κ1) is 32.9. The van der Waals surface area contributed by atoms with Gasteiger partial charge in [-0.05, 0) is 81.8 Å². The minimum atomic E-state index is -4.10. The maximum Gasteiger partial charge on any atom is 0.264 e. The van der Waals surface area contributed by atoms with Crippen LogP contribution in [0.4, 0.5) is 5.69 Å². The Kier molecular flexibility index (Phi) is 11.0. The normalized spacial score (nSPS) is 12.6. The molecule has 0 aromatic heterocycles. The van der Waals surface area contributed by atoms with E-state index < -0.39 is 34.1 Å². The number of nitrogens with zero attached hydrogens (tertiary/aromatic N) is 2. The van der Waals surface area contributed by atoms with Gasteiger partial charge in [0, 0.05) is 12.1 Å². The first-order chi connectivity index (χ1) is 19.7. The lowest BCUT2D eigenvalue weighted by Crippen LogP contribution is -2.56. The third-order valence-electron chi connectivity index (χ3n) is 7.10. The minimum Gasteiger partial charge on any atom is -0.350 e. The van der Waals surface area contributed by atoms with Crippen molar-refractivity contribution >= 4 is 27.5 Å². The molecule has 0 saturated heterocycles. The summed E-state index contributed by atoms with van der Waals surface area (Å²) in [5.74, 6) is -0.436. The summed E-state index contributed by atoms with van der Waals surface area (Å²) in [6.45, 7) is 13.4. The molecule has 1 unspecified atom stereocenters. The SMILES string of the molecule is CCC(C(=O)NC(C)(C)C)N(CCc1ccccc1)C(=O)CN(c1ccc(C(C)C)cc1)S(=O)(=O)c1ccc(C)cc1. The monoisotopic (exact) mass is 591 g/mol. The van der Waals surface area contributed by atoms with E-state index in [0.29, 0.717) is 18.5 Å². The number of rotatable bonds is 12. The Bertz CT molecular complexity index is 1430. The van der Waals surface area contributed by atoms with Crippen LogP contribution in [0.1, 0.15) is 70.6 Å². The largest absolute Gasteiger partial charge is 0.350 e. The fourth-order valence-corrected chi connectivity index (χ4v) is 6.15. The first-order valence-electron chi connectivity index (χ1n) is 14.6. The summed E-state index contributed by atoms with van der Waals surface area (Å²) in [6.07, 6.45) is 0.913. The quantitative estimate of drug-likeness (QED) is 0.277. The fraction of sp³-hybridized carbons (Fsp3) is 0.412. The lowest BCUT2D eigenvalue weighted by Gasteiger charge is -2.34. The van der Waals surface area contributed by atoms with Crippen LogP contribution in [0.25, 0.3) is 0 Å². The van der Waals surface area contributed by atoms with Crippen molar-refractivity contribution in [3.05, 3.63) is 95.6 Å². The maximum atomic E-state index is 14.2. The molecule has 8 heteroatoms. The van der Waals surface area contributed by atoms with Crippen LogP contribution in [0, 0.1) is 6.92 Å². The number of anilines is 1. The van der Waals surface area contributed by atoms with Crippen LogP contribution in [0.2, 0.25) is 0 Å². The van der Waals surface area contributed by atoms with Gasteiger partial charge in [-0.1, -0.05) is 80.9 Å².